The maximum Gasteiger partial charge on any atom is 0.0366 e. The fraction of sp³-hybridized carbons (Fsp3) is 0.625. The van der Waals surface area contributed by atoms with Gasteiger partial charge in [0.2, 0.25) is 0 Å². The van der Waals surface area contributed by atoms with Gasteiger partial charge in [0.15, 0.2) is 0 Å². The summed E-state index contributed by atoms with van der Waals surface area (Å²) < 4.78 is 0. The number of rotatable bonds is 4. The molecule has 1 saturated heterocycles. The van der Waals surface area contributed by atoms with Gasteiger partial charge in [-0.05, 0) is 42.4 Å². The fourth-order valence-corrected chi connectivity index (χ4v) is 2.48. The van der Waals surface area contributed by atoms with Gasteiger partial charge in [0.05, 0.1) is 0 Å². The number of benzene rings is 1. The SMILES string of the molecule is CCC(C)(C)Cc1ccc(N2CCCC2)cc1. The van der Waals surface area contributed by atoms with Gasteiger partial charge in [0.1, 0.15) is 0 Å². The highest BCUT2D eigenvalue weighted by atomic mass is 15.1. The monoisotopic (exact) mass is 231 g/mol. The summed E-state index contributed by atoms with van der Waals surface area (Å²) in [6.45, 7) is 9.45. The summed E-state index contributed by atoms with van der Waals surface area (Å²) in [5.41, 5.74) is 3.30. The van der Waals surface area contributed by atoms with Crippen LogP contribution in [0, 0.1) is 5.41 Å². The van der Waals surface area contributed by atoms with Gasteiger partial charge in [-0.3, -0.25) is 0 Å². The standard InChI is InChI=1S/C16H25N/c1-4-16(2,3)13-14-7-9-15(10-8-14)17-11-5-6-12-17/h7-10H,4-6,11-13H2,1-3H3. The van der Waals surface area contributed by atoms with Gasteiger partial charge >= 0.3 is 0 Å². The lowest BCUT2D eigenvalue weighted by Gasteiger charge is -2.23. The van der Waals surface area contributed by atoms with Crippen LogP contribution in [0.2, 0.25) is 0 Å². The Morgan fingerprint density at radius 1 is 1.06 bits per heavy atom. The number of hydrogen-bond acceptors (Lipinski definition) is 1. The van der Waals surface area contributed by atoms with Crippen molar-refractivity contribution in [3.05, 3.63) is 29.8 Å². The molecular formula is C16H25N. The van der Waals surface area contributed by atoms with Gasteiger partial charge in [-0.2, -0.15) is 0 Å². The second-order valence-corrected chi connectivity index (χ2v) is 6.06. The van der Waals surface area contributed by atoms with Crippen molar-refractivity contribution in [1.29, 1.82) is 0 Å². The van der Waals surface area contributed by atoms with Gasteiger partial charge in [-0.15, -0.1) is 0 Å². The lowest BCUT2D eigenvalue weighted by Crippen LogP contribution is -2.17. The van der Waals surface area contributed by atoms with Crippen LogP contribution < -0.4 is 4.90 Å². The molecule has 1 nitrogen and oxygen atoms in total. The predicted octanol–water partition coefficient (Wildman–Crippen LogP) is 4.27. The van der Waals surface area contributed by atoms with E-state index in [1.165, 1.54) is 50.0 Å². The normalized spacial score (nSPS) is 16.5. The molecule has 1 heteroatoms. The molecule has 1 heterocycles. The molecule has 2 rings (SSSR count). The Labute approximate surface area is 106 Å². The quantitative estimate of drug-likeness (QED) is 0.748. The zero-order valence-corrected chi connectivity index (χ0v) is 11.5. The second kappa shape index (κ2) is 5.12. The molecule has 0 atom stereocenters. The zero-order chi connectivity index (χ0) is 12.3. The van der Waals surface area contributed by atoms with Crippen LogP contribution in [0.25, 0.3) is 0 Å². The summed E-state index contributed by atoms with van der Waals surface area (Å²) in [6, 6.07) is 9.22. The third-order valence-electron chi connectivity index (χ3n) is 4.05. The summed E-state index contributed by atoms with van der Waals surface area (Å²) in [5, 5.41) is 0. The van der Waals surface area contributed by atoms with Gasteiger partial charge in [0.25, 0.3) is 0 Å². The van der Waals surface area contributed by atoms with Crippen molar-refractivity contribution in [2.45, 2.75) is 46.5 Å². The maximum atomic E-state index is 2.49. The highest BCUT2D eigenvalue weighted by Gasteiger charge is 2.16. The molecule has 0 aliphatic carbocycles. The van der Waals surface area contributed by atoms with Crippen LogP contribution >= 0.6 is 0 Å². The van der Waals surface area contributed by atoms with Crippen molar-refractivity contribution in [3.8, 4) is 0 Å². The van der Waals surface area contributed by atoms with Crippen LogP contribution in [0.15, 0.2) is 24.3 Å². The molecule has 0 bridgehead atoms. The summed E-state index contributed by atoms with van der Waals surface area (Å²) in [7, 11) is 0. The van der Waals surface area contributed by atoms with E-state index >= 15 is 0 Å². The minimum Gasteiger partial charge on any atom is -0.372 e. The number of anilines is 1. The van der Waals surface area contributed by atoms with Crippen molar-refractivity contribution in [2.75, 3.05) is 18.0 Å². The zero-order valence-electron chi connectivity index (χ0n) is 11.5. The molecule has 0 unspecified atom stereocenters. The van der Waals surface area contributed by atoms with Crippen molar-refractivity contribution in [2.24, 2.45) is 5.41 Å². The van der Waals surface area contributed by atoms with E-state index in [-0.39, 0.29) is 0 Å². The molecule has 94 valence electrons. The molecule has 1 aliphatic heterocycles. The predicted molar refractivity (Wildman–Crippen MR) is 75.7 cm³/mol. The van der Waals surface area contributed by atoms with E-state index in [4.69, 9.17) is 0 Å². The Bertz CT molecular complexity index is 344. The Morgan fingerprint density at radius 2 is 1.65 bits per heavy atom. The largest absolute Gasteiger partial charge is 0.372 e. The molecule has 0 N–H and O–H groups in total. The van der Waals surface area contributed by atoms with Crippen molar-refractivity contribution in [3.63, 3.8) is 0 Å². The van der Waals surface area contributed by atoms with Crippen LogP contribution in [-0.4, -0.2) is 13.1 Å². The van der Waals surface area contributed by atoms with Gasteiger partial charge in [-0.25, -0.2) is 0 Å². The maximum absolute atomic E-state index is 2.49. The smallest absolute Gasteiger partial charge is 0.0366 e. The second-order valence-electron chi connectivity index (χ2n) is 6.06. The third kappa shape index (κ3) is 3.24. The first-order valence-electron chi connectivity index (χ1n) is 6.95. The van der Waals surface area contributed by atoms with Crippen molar-refractivity contribution in [1.82, 2.24) is 0 Å². The topological polar surface area (TPSA) is 3.24 Å². The molecule has 1 aromatic rings. The van der Waals surface area contributed by atoms with Crippen molar-refractivity contribution < 1.29 is 0 Å². The minimum absolute atomic E-state index is 0.426. The molecule has 1 aromatic carbocycles. The van der Waals surface area contributed by atoms with Crippen molar-refractivity contribution >= 4 is 5.69 Å². The average molecular weight is 231 g/mol. The Hall–Kier alpha value is -0.980. The van der Waals surface area contributed by atoms with E-state index in [2.05, 4.69) is 49.9 Å². The lowest BCUT2D eigenvalue weighted by atomic mass is 9.83. The first-order chi connectivity index (χ1) is 8.11. The van der Waals surface area contributed by atoms with E-state index in [0.29, 0.717) is 5.41 Å². The first kappa shape index (κ1) is 12.5. The summed E-state index contributed by atoms with van der Waals surface area (Å²) in [4.78, 5) is 2.49. The van der Waals surface area contributed by atoms with Gasteiger partial charge in [-0.1, -0.05) is 39.3 Å². The molecule has 0 aromatic heterocycles. The van der Waals surface area contributed by atoms with E-state index in [9.17, 15) is 0 Å². The third-order valence-corrected chi connectivity index (χ3v) is 4.05. The molecular weight excluding hydrogens is 206 g/mol. The lowest BCUT2D eigenvalue weighted by molar-refractivity contribution is 0.349. The highest BCUT2D eigenvalue weighted by molar-refractivity contribution is 5.48. The Balaban J connectivity index is 2.02. The number of nitrogens with zero attached hydrogens (tertiary/aromatic N) is 1. The van der Waals surface area contributed by atoms with Crippen LogP contribution in [0.1, 0.15) is 45.6 Å². The van der Waals surface area contributed by atoms with E-state index < -0.39 is 0 Å². The molecule has 1 fully saturated rings. The summed E-state index contributed by atoms with van der Waals surface area (Å²) in [6.07, 6.45) is 5.12. The van der Waals surface area contributed by atoms with E-state index in [0.717, 1.165) is 0 Å². The van der Waals surface area contributed by atoms with Crippen LogP contribution in [0.4, 0.5) is 5.69 Å². The fourth-order valence-electron chi connectivity index (χ4n) is 2.48. The molecule has 0 spiro atoms. The van der Waals surface area contributed by atoms with Gasteiger partial charge in [0, 0.05) is 18.8 Å². The first-order valence-corrected chi connectivity index (χ1v) is 6.95. The number of hydrogen-bond donors (Lipinski definition) is 0. The summed E-state index contributed by atoms with van der Waals surface area (Å²) in [5.74, 6) is 0. The van der Waals surface area contributed by atoms with Crippen LogP contribution in [-0.2, 0) is 6.42 Å². The Kier molecular flexibility index (Phi) is 3.76. The molecule has 0 radical (unpaired) electrons. The van der Waals surface area contributed by atoms with E-state index in [1.54, 1.807) is 0 Å². The minimum atomic E-state index is 0.426. The molecule has 17 heavy (non-hydrogen) atoms. The Morgan fingerprint density at radius 3 is 2.18 bits per heavy atom. The van der Waals surface area contributed by atoms with E-state index in [1.807, 2.05) is 0 Å². The average Bonchev–Trinajstić information content (AvgIpc) is 2.83. The molecule has 1 aliphatic rings. The van der Waals surface area contributed by atoms with Gasteiger partial charge < -0.3 is 4.90 Å². The summed E-state index contributed by atoms with van der Waals surface area (Å²) >= 11 is 0. The molecule has 0 amide bonds. The molecule has 0 saturated carbocycles. The van der Waals surface area contributed by atoms with Crippen LogP contribution in [0.5, 0.6) is 0 Å². The van der Waals surface area contributed by atoms with Crippen LogP contribution in [0.3, 0.4) is 0 Å². The highest BCUT2D eigenvalue weighted by Crippen LogP contribution is 2.27.